The zero-order valence-electron chi connectivity index (χ0n) is 34.1. The molecule has 14 heteroatoms. The Kier molecular flexibility index (Phi) is 10.4. The first-order valence-electron chi connectivity index (χ1n) is 19.7. The van der Waals surface area contributed by atoms with E-state index < -0.39 is 94.1 Å². The Balaban J connectivity index is 1.34. The van der Waals surface area contributed by atoms with E-state index in [4.69, 9.17) is 28.4 Å². The highest BCUT2D eigenvalue weighted by Gasteiger charge is 2.84. The molecule has 312 valence electrons. The number of alkyl carbamates (subject to hydrolysis) is 1. The van der Waals surface area contributed by atoms with E-state index in [1.54, 1.807) is 102 Å². The van der Waals surface area contributed by atoms with E-state index in [-0.39, 0.29) is 30.3 Å². The molecule has 11 atom stereocenters. The van der Waals surface area contributed by atoms with Crippen molar-refractivity contribution in [3.63, 3.8) is 0 Å². The summed E-state index contributed by atoms with van der Waals surface area (Å²) in [5.41, 5.74) is -5.78. The summed E-state index contributed by atoms with van der Waals surface area (Å²) < 4.78 is 36.3. The zero-order valence-corrected chi connectivity index (χ0v) is 34.1. The molecule has 58 heavy (non-hydrogen) atoms. The standard InChI is InChI=1S/C44H53NO13/c1-23-28(55-38(50)32(47)31(25-15-11-9-12-16-25)45-39(51)58-40(3,4)5)21-44(52)36(56-37(49)26-17-13-10-14-18-26)34-42(35(48)33(53-8)30(23)41(44,6)7)20-27(42)19-29-43(34,22-54-29)57-24(2)46/h9-18,27-29,31-34,36,47,52H,19-22H2,1-8H3,(H,45,51)/t27-,28+,29-,31+,32-,33-,34+,36+,42-,43+,44-/m1/s1. The van der Waals surface area contributed by atoms with Crippen LogP contribution < -0.4 is 5.32 Å². The number of Topliss-reactive ketones (excluding diaryl/α,β-unsaturated/α-hetero) is 1. The number of nitrogens with one attached hydrogen (secondary N) is 1. The van der Waals surface area contributed by atoms with Crippen molar-refractivity contribution < 1.29 is 62.6 Å². The lowest BCUT2D eigenvalue weighted by molar-refractivity contribution is -0.323. The van der Waals surface area contributed by atoms with Gasteiger partial charge in [0.05, 0.1) is 24.1 Å². The predicted octanol–water partition coefficient (Wildman–Crippen LogP) is 4.55. The molecular formula is C44H53NO13. The molecule has 4 fully saturated rings. The maximum atomic E-state index is 15.3. The van der Waals surface area contributed by atoms with Gasteiger partial charge in [-0.05, 0) is 75.3 Å². The SMILES string of the molecule is CO[C@H]1C(=O)[C@]23C[C@H]2C[C@H]2OC[C@@]2(OC(C)=O)[C@H]3[C@H](OC(=O)c2ccccc2)[C@]2(O)C[C@H](OC(=O)[C@H](O)[C@@H](NC(=O)OC(C)(C)C)c3ccccc3)C(C)=C1C2(C)C. The molecule has 1 heterocycles. The average molecular weight is 804 g/mol. The minimum atomic E-state index is -2.12. The number of esters is 3. The summed E-state index contributed by atoms with van der Waals surface area (Å²) in [5, 5.41) is 27.8. The van der Waals surface area contributed by atoms with Gasteiger partial charge in [0.15, 0.2) is 17.5 Å². The molecule has 7 rings (SSSR count). The van der Waals surface area contributed by atoms with Crippen LogP contribution in [0.3, 0.4) is 0 Å². The van der Waals surface area contributed by atoms with Gasteiger partial charge in [0, 0.05) is 31.3 Å². The molecule has 2 aromatic carbocycles. The number of ether oxygens (including phenoxy) is 6. The van der Waals surface area contributed by atoms with E-state index >= 15 is 4.79 Å². The Morgan fingerprint density at radius 2 is 1.60 bits per heavy atom. The molecule has 0 radical (unpaired) electrons. The molecule has 1 amide bonds. The fraction of sp³-hybridized carbons (Fsp3) is 0.568. The van der Waals surface area contributed by atoms with E-state index in [1.165, 1.54) is 14.0 Å². The lowest BCUT2D eigenvalue weighted by atomic mass is 9.48. The third-order valence-electron chi connectivity index (χ3n) is 13.1. The molecule has 4 aliphatic carbocycles. The van der Waals surface area contributed by atoms with Gasteiger partial charge >= 0.3 is 24.0 Å². The highest BCUT2D eigenvalue weighted by molar-refractivity contribution is 5.96. The van der Waals surface area contributed by atoms with Gasteiger partial charge in [0.25, 0.3) is 0 Å². The van der Waals surface area contributed by atoms with E-state index in [1.807, 2.05) is 0 Å². The second-order valence-corrected chi connectivity index (χ2v) is 17.9. The van der Waals surface area contributed by atoms with E-state index in [9.17, 15) is 29.4 Å². The predicted molar refractivity (Wildman–Crippen MR) is 205 cm³/mol. The fourth-order valence-corrected chi connectivity index (χ4v) is 10.4. The van der Waals surface area contributed by atoms with Gasteiger partial charge in [0.2, 0.25) is 0 Å². The summed E-state index contributed by atoms with van der Waals surface area (Å²) in [6, 6.07) is 15.2. The lowest BCUT2D eigenvalue weighted by Crippen LogP contribution is -2.78. The van der Waals surface area contributed by atoms with Crippen LogP contribution in [0.15, 0.2) is 71.8 Å². The minimum absolute atomic E-state index is 0.102. The third kappa shape index (κ3) is 6.61. The summed E-state index contributed by atoms with van der Waals surface area (Å²) >= 11 is 0. The number of carbonyl (C=O) groups excluding carboxylic acids is 5. The maximum absolute atomic E-state index is 15.3. The number of aliphatic hydroxyl groups is 2. The summed E-state index contributed by atoms with van der Waals surface area (Å²) in [6.45, 7) is 11.3. The smallest absolute Gasteiger partial charge is 0.408 e. The average Bonchev–Trinajstić information content (AvgIpc) is 3.89. The van der Waals surface area contributed by atoms with Crippen molar-refractivity contribution in [1.82, 2.24) is 5.32 Å². The Morgan fingerprint density at radius 3 is 2.17 bits per heavy atom. The van der Waals surface area contributed by atoms with Crippen LogP contribution in [0.5, 0.6) is 0 Å². The molecular weight excluding hydrogens is 750 g/mol. The number of fused-ring (bicyclic) bond motifs is 4. The summed E-state index contributed by atoms with van der Waals surface area (Å²) in [5.74, 6) is -4.23. The Bertz CT molecular complexity index is 2010. The van der Waals surface area contributed by atoms with Gasteiger partial charge in [-0.2, -0.15) is 0 Å². The van der Waals surface area contributed by atoms with Gasteiger partial charge in [0.1, 0.15) is 35.6 Å². The molecule has 1 aliphatic heterocycles. The number of ketones is 1. The van der Waals surface area contributed by atoms with Crippen molar-refractivity contribution in [2.24, 2.45) is 22.7 Å². The van der Waals surface area contributed by atoms with Crippen LogP contribution >= 0.6 is 0 Å². The Hall–Kier alpha value is -4.63. The monoisotopic (exact) mass is 803 g/mol. The van der Waals surface area contributed by atoms with Gasteiger partial charge < -0.3 is 44.0 Å². The molecule has 0 aromatic heterocycles. The molecule has 2 aromatic rings. The molecule has 3 saturated carbocycles. The summed E-state index contributed by atoms with van der Waals surface area (Å²) in [4.78, 5) is 69.6. The highest BCUT2D eigenvalue weighted by Crippen LogP contribution is 2.74. The molecule has 14 nitrogen and oxygen atoms in total. The van der Waals surface area contributed by atoms with Crippen LogP contribution in [0.25, 0.3) is 0 Å². The third-order valence-corrected chi connectivity index (χ3v) is 13.1. The minimum Gasteiger partial charge on any atom is -0.456 e. The Labute approximate surface area is 337 Å². The van der Waals surface area contributed by atoms with E-state index in [2.05, 4.69) is 5.32 Å². The number of hydrogen-bond donors (Lipinski definition) is 3. The van der Waals surface area contributed by atoms with Gasteiger partial charge in [-0.1, -0.05) is 62.4 Å². The number of benzene rings is 2. The van der Waals surface area contributed by atoms with Crippen LogP contribution in [0.4, 0.5) is 4.79 Å². The zero-order chi connectivity index (χ0) is 42.2. The first kappa shape index (κ1) is 41.5. The number of amides is 1. The van der Waals surface area contributed by atoms with Crippen LogP contribution in [0.1, 0.15) is 89.7 Å². The van der Waals surface area contributed by atoms with Gasteiger partial charge in [-0.25, -0.2) is 14.4 Å². The highest BCUT2D eigenvalue weighted by atomic mass is 16.6. The van der Waals surface area contributed by atoms with Gasteiger partial charge in [-0.15, -0.1) is 0 Å². The second-order valence-electron chi connectivity index (χ2n) is 17.9. The fourth-order valence-electron chi connectivity index (χ4n) is 10.4. The van der Waals surface area contributed by atoms with E-state index in [0.717, 1.165) is 0 Å². The number of methoxy groups -OCH3 is 1. The molecule has 5 aliphatic rings. The Morgan fingerprint density at radius 1 is 0.966 bits per heavy atom. The molecule has 0 unspecified atom stereocenters. The first-order chi connectivity index (χ1) is 27.2. The largest absolute Gasteiger partial charge is 0.456 e. The quantitative estimate of drug-likeness (QED) is 0.182. The van der Waals surface area contributed by atoms with Crippen LogP contribution in [0, 0.1) is 22.7 Å². The number of rotatable bonds is 9. The maximum Gasteiger partial charge on any atom is 0.408 e. The second kappa shape index (κ2) is 14.6. The number of hydrogen-bond acceptors (Lipinski definition) is 13. The number of carbonyl (C=O) groups is 5. The molecule has 2 bridgehead atoms. The van der Waals surface area contributed by atoms with Gasteiger partial charge in [-0.3, -0.25) is 9.59 Å². The molecule has 1 spiro atoms. The normalized spacial score (nSPS) is 34.2. The lowest BCUT2D eigenvalue weighted by Gasteiger charge is -2.64. The van der Waals surface area contributed by atoms with Crippen molar-refractivity contribution in [2.75, 3.05) is 13.7 Å². The van der Waals surface area contributed by atoms with Crippen LogP contribution in [0.2, 0.25) is 0 Å². The van der Waals surface area contributed by atoms with E-state index in [0.29, 0.717) is 29.6 Å². The van der Waals surface area contributed by atoms with Crippen molar-refractivity contribution in [1.29, 1.82) is 0 Å². The van der Waals surface area contributed by atoms with Crippen LogP contribution in [-0.2, 0) is 42.8 Å². The van der Waals surface area contributed by atoms with Crippen LogP contribution in [-0.4, -0.2) is 101 Å². The van der Waals surface area contributed by atoms with Crippen molar-refractivity contribution in [3.05, 3.63) is 82.9 Å². The first-order valence-corrected chi connectivity index (χ1v) is 19.7. The van der Waals surface area contributed by atoms with Crippen molar-refractivity contribution >= 4 is 29.8 Å². The molecule has 1 saturated heterocycles. The summed E-state index contributed by atoms with van der Waals surface area (Å²) in [7, 11) is 1.39. The summed E-state index contributed by atoms with van der Waals surface area (Å²) in [6.07, 6.45) is -7.16. The molecule has 3 N–H and O–H groups in total. The van der Waals surface area contributed by atoms with Crippen molar-refractivity contribution in [2.45, 2.75) is 121 Å². The topological polar surface area (TPSA) is 193 Å². The van der Waals surface area contributed by atoms with Crippen molar-refractivity contribution in [3.8, 4) is 0 Å². The number of aliphatic hydroxyl groups excluding tert-OH is 1.